The average Bonchev–Trinajstić information content (AvgIpc) is 3.11. The summed E-state index contributed by atoms with van der Waals surface area (Å²) >= 11 is 3.54. The number of hydrogen-bond donors (Lipinski definition) is 0. The SMILES string of the molecule is CCC(c1cc(Br)ccc1-c1oncc1C(=O)C1CC1)n1cncn1. The minimum Gasteiger partial charge on any atom is -0.356 e. The van der Waals surface area contributed by atoms with Crippen LogP contribution < -0.4 is 0 Å². The summed E-state index contributed by atoms with van der Waals surface area (Å²) in [7, 11) is 0. The van der Waals surface area contributed by atoms with E-state index in [2.05, 4.69) is 38.1 Å². The molecular weight excluding hydrogens is 384 g/mol. The van der Waals surface area contributed by atoms with Gasteiger partial charge in [0.05, 0.1) is 17.8 Å². The second kappa shape index (κ2) is 6.55. The second-order valence-corrected chi connectivity index (χ2v) is 7.15. The Morgan fingerprint density at radius 1 is 1.44 bits per heavy atom. The summed E-state index contributed by atoms with van der Waals surface area (Å²) in [6.07, 6.45) is 7.50. The number of benzene rings is 1. The highest BCUT2D eigenvalue weighted by molar-refractivity contribution is 9.10. The lowest BCUT2D eigenvalue weighted by Gasteiger charge is -2.19. The molecule has 1 aliphatic carbocycles. The monoisotopic (exact) mass is 400 g/mol. The molecular formula is C18H17BrN4O2. The largest absolute Gasteiger partial charge is 0.356 e. The number of aromatic nitrogens is 4. The first-order valence-electron chi connectivity index (χ1n) is 8.31. The predicted molar refractivity (Wildman–Crippen MR) is 95.1 cm³/mol. The number of Topliss-reactive ketones (excluding diaryl/α,β-unsaturated/α-hetero) is 1. The Labute approximate surface area is 153 Å². The van der Waals surface area contributed by atoms with Crippen molar-refractivity contribution >= 4 is 21.7 Å². The van der Waals surface area contributed by atoms with Crippen LogP contribution in [0.4, 0.5) is 0 Å². The Morgan fingerprint density at radius 2 is 2.28 bits per heavy atom. The predicted octanol–water partition coefficient (Wildman–Crippen LogP) is 4.29. The quantitative estimate of drug-likeness (QED) is 0.577. The maximum atomic E-state index is 12.6. The van der Waals surface area contributed by atoms with Crippen molar-refractivity contribution in [1.82, 2.24) is 19.9 Å². The third kappa shape index (κ3) is 3.04. The molecule has 1 fully saturated rings. The smallest absolute Gasteiger partial charge is 0.177 e. The topological polar surface area (TPSA) is 73.8 Å². The first kappa shape index (κ1) is 16.2. The van der Waals surface area contributed by atoms with Crippen LogP contribution >= 0.6 is 15.9 Å². The fourth-order valence-corrected chi connectivity index (χ4v) is 3.50. The van der Waals surface area contributed by atoms with Crippen LogP contribution in [0.1, 0.15) is 48.1 Å². The van der Waals surface area contributed by atoms with Gasteiger partial charge in [-0.2, -0.15) is 5.10 Å². The Balaban J connectivity index is 1.84. The normalized spacial score (nSPS) is 15.3. The molecule has 1 saturated carbocycles. The lowest BCUT2D eigenvalue weighted by molar-refractivity contribution is 0.0968. The molecule has 1 aliphatic rings. The van der Waals surface area contributed by atoms with E-state index in [1.807, 2.05) is 22.9 Å². The molecule has 1 atom stereocenters. The molecule has 0 spiro atoms. The highest BCUT2D eigenvalue weighted by Crippen LogP contribution is 2.39. The van der Waals surface area contributed by atoms with Crippen molar-refractivity contribution in [3.63, 3.8) is 0 Å². The van der Waals surface area contributed by atoms with Gasteiger partial charge in [0.2, 0.25) is 0 Å². The van der Waals surface area contributed by atoms with Crippen molar-refractivity contribution in [2.75, 3.05) is 0 Å². The van der Waals surface area contributed by atoms with Crippen molar-refractivity contribution in [1.29, 1.82) is 0 Å². The Bertz CT molecular complexity index is 900. The van der Waals surface area contributed by atoms with Gasteiger partial charge in [-0.15, -0.1) is 0 Å². The van der Waals surface area contributed by atoms with Gasteiger partial charge in [-0.3, -0.25) is 4.79 Å². The minimum atomic E-state index is -0.0102. The van der Waals surface area contributed by atoms with Crippen LogP contribution in [0.15, 0.2) is 46.0 Å². The maximum Gasteiger partial charge on any atom is 0.177 e. The summed E-state index contributed by atoms with van der Waals surface area (Å²) < 4.78 is 8.29. The summed E-state index contributed by atoms with van der Waals surface area (Å²) in [5.41, 5.74) is 2.45. The van der Waals surface area contributed by atoms with Crippen LogP contribution in [0, 0.1) is 5.92 Å². The Morgan fingerprint density at radius 3 is 2.96 bits per heavy atom. The molecule has 2 heterocycles. The summed E-state index contributed by atoms with van der Waals surface area (Å²) in [5.74, 6) is 0.784. The molecule has 128 valence electrons. The zero-order valence-corrected chi connectivity index (χ0v) is 15.3. The van der Waals surface area contributed by atoms with Crippen molar-refractivity contribution in [2.24, 2.45) is 5.92 Å². The van der Waals surface area contributed by atoms with E-state index >= 15 is 0 Å². The third-order valence-electron chi connectivity index (χ3n) is 4.54. The molecule has 2 aromatic heterocycles. The number of halogens is 1. The summed E-state index contributed by atoms with van der Waals surface area (Å²) in [5, 5.41) is 8.19. The van der Waals surface area contributed by atoms with E-state index in [9.17, 15) is 4.79 Å². The maximum absolute atomic E-state index is 12.6. The zero-order chi connectivity index (χ0) is 17.4. The van der Waals surface area contributed by atoms with E-state index < -0.39 is 0 Å². The molecule has 4 rings (SSSR count). The highest BCUT2D eigenvalue weighted by atomic mass is 79.9. The molecule has 0 aliphatic heterocycles. The molecule has 0 radical (unpaired) electrons. The minimum absolute atomic E-state index is 0.0102. The van der Waals surface area contributed by atoms with Gasteiger partial charge in [0.15, 0.2) is 11.5 Å². The van der Waals surface area contributed by atoms with Crippen molar-refractivity contribution in [3.05, 3.63) is 52.7 Å². The van der Waals surface area contributed by atoms with E-state index in [-0.39, 0.29) is 17.7 Å². The molecule has 0 bridgehead atoms. The Hall–Kier alpha value is -2.28. The van der Waals surface area contributed by atoms with Crippen LogP contribution in [0.3, 0.4) is 0 Å². The molecule has 6 nitrogen and oxygen atoms in total. The number of nitrogens with zero attached hydrogens (tertiary/aromatic N) is 4. The number of carbonyl (C=O) groups excluding carboxylic acids is 1. The van der Waals surface area contributed by atoms with Gasteiger partial charge in [-0.25, -0.2) is 9.67 Å². The van der Waals surface area contributed by atoms with Crippen molar-refractivity contribution in [2.45, 2.75) is 32.2 Å². The lowest BCUT2D eigenvalue weighted by atomic mass is 9.94. The molecule has 3 aromatic rings. The first-order valence-corrected chi connectivity index (χ1v) is 9.11. The van der Waals surface area contributed by atoms with Crippen molar-refractivity contribution in [3.8, 4) is 11.3 Å². The van der Waals surface area contributed by atoms with Crippen LogP contribution in [0.5, 0.6) is 0 Å². The molecule has 0 saturated heterocycles. The molecule has 7 heteroatoms. The summed E-state index contributed by atoms with van der Waals surface area (Å²) in [6.45, 7) is 2.09. The second-order valence-electron chi connectivity index (χ2n) is 6.24. The fraction of sp³-hybridized carbons (Fsp3) is 0.333. The molecule has 25 heavy (non-hydrogen) atoms. The molecule has 1 unspecified atom stereocenters. The van der Waals surface area contributed by atoms with Gasteiger partial charge in [0, 0.05) is 16.0 Å². The molecule has 1 aromatic carbocycles. The number of ketones is 1. The number of hydrogen-bond acceptors (Lipinski definition) is 5. The van der Waals surface area contributed by atoms with Gasteiger partial charge in [0.25, 0.3) is 0 Å². The summed E-state index contributed by atoms with van der Waals surface area (Å²) in [4.78, 5) is 16.6. The van der Waals surface area contributed by atoms with E-state index in [1.54, 1.807) is 6.33 Å². The van der Waals surface area contributed by atoms with E-state index in [0.29, 0.717) is 11.3 Å². The van der Waals surface area contributed by atoms with Gasteiger partial charge >= 0.3 is 0 Å². The van der Waals surface area contributed by atoms with E-state index in [4.69, 9.17) is 4.52 Å². The summed E-state index contributed by atoms with van der Waals surface area (Å²) in [6, 6.07) is 5.94. The lowest BCUT2D eigenvalue weighted by Crippen LogP contribution is -2.12. The Kier molecular flexibility index (Phi) is 4.25. The first-order chi connectivity index (χ1) is 12.2. The van der Waals surface area contributed by atoms with Crippen LogP contribution in [0.25, 0.3) is 11.3 Å². The number of carbonyl (C=O) groups is 1. The highest BCUT2D eigenvalue weighted by Gasteiger charge is 2.34. The van der Waals surface area contributed by atoms with Crippen molar-refractivity contribution < 1.29 is 9.32 Å². The molecule has 0 amide bonds. The van der Waals surface area contributed by atoms with Crippen LogP contribution in [0.2, 0.25) is 0 Å². The fourth-order valence-electron chi connectivity index (χ4n) is 3.12. The van der Waals surface area contributed by atoms with E-state index in [0.717, 1.165) is 34.9 Å². The molecule has 0 N–H and O–H groups in total. The van der Waals surface area contributed by atoms with Crippen LogP contribution in [-0.2, 0) is 0 Å². The number of rotatable bonds is 6. The standard InChI is InChI=1S/C18H17BrN4O2/c1-2-16(23-10-20-9-21-23)14-7-12(19)5-6-13(14)18-15(8-22-25-18)17(24)11-3-4-11/h5-11,16H,2-4H2,1H3. The van der Waals surface area contributed by atoms with Gasteiger partial charge in [0.1, 0.15) is 12.7 Å². The zero-order valence-electron chi connectivity index (χ0n) is 13.7. The third-order valence-corrected chi connectivity index (χ3v) is 5.04. The van der Waals surface area contributed by atoms with Gasteiger partial charge in [-0.1, -0.05) is 28.0 Å². The average molecular weight is 401 g/mol. The van der Waals surface area contributed by atoms with Gasteiger partial charge < -0.3 is 4.52 Å². The van der Waals surface area contributed by atoms with E-state index in [1.165, 1.54) is 12.5 Å². The van der Waals surface area contributed by atoms with Crippen LogP contribution in [-0.4, -0.2) is 25.7 Å². The van der Waals surface area contributed by atoms with Gasteiger partial charge in [-0.05, 0) is 43.0 Å².